The van der Waals surface area contributed by atoms with Gasteiger partial charge in [0.15, 0.2) is 0 Å². The van der Waals surface area contributed by atoms with Crippen LogP contribution in [0.2, 0.25) is 0 Å². The summed E-state index contributed by atoms with van der Waals surface area (Å²) in [6.45, 7) is 8.79. The van der Waals surface area contributed by atoms with Crippen LogP contribution < -0.4 is 5.32 Å². The second-order valence-corrected chi connectivity index (χ2v) is 6.76. The topological polar surface area (TPSA) is 35.6 Å². The number of carbonyl (C=O) groups is 1. The van der Waals surface area contributed by atoms with Crippen LogP contribution in [0.5, 0.6) is 0 Å². The summed E-state index contributed by atoms with van der Waals surface area (Å²) < 4.78 is 0. The quantitative estimate of drug-likeness (QED) is 0.911. The van der Waals surface area contributed by atoms with E-state index in [1.807, 2.05) is 0 Å². The van der Waals surface area contributed by atoms with Gasteiger partial charge in [-0.15, -0.1) is 0 Å². The number of nitrogens with one attached hydrogen (secondary N) is 1. The van der Waals surface area contributed by atoms with Crippen LogP contribution in [0, 0.1) is 11.8 Å². The van der Waals surface area contributed by atoms with Crippen LogP contribution in [0.3, 0.4) is 0 Å². The lowest BCUT2D eigenvalue weighted by molar-refractivity contribution is -0.137. The molecule has 2 aliphatic heterocycles. The van der Waals surface area contributed by atoms with Gasteiger partial charge in [-0.25, -0.2) is 0 Å². The molecular weight excluding hydrogens is 270 g/mol. The van der Waals surface area contributed by atoms with Crippen LogP contribution in [-0.4, -0.2) is 55.0 Å². The Bertz CT molecular complexity index is 440. The zero-order valence-corrected chi connectivity index (χ0v) is 12.9. The molecule has 1 amide bonds. The van der Waals surface area contributed by atoms with E-state index in [-0.39, 0.29) is 5.92 Å². The summed E-state index contributed by atoms with van der Waals surface area (Å²) in [5, 5.41) is 7.66. The first kappa shape index (κ1) is 14.0. The minimum Gasteiger partial charge on any atom is -0.340 e. The molecule has 1 aromatic heterocycles. The van der Waals surface area contributed by atoms with Crippen molar-refractivity contribution in [1.82, 2.24) is 15.1 Å². The molecule has 2 fully saturated rings. The molecule has 1 N–H and O–H groups in total. The van der Waals surface area contributed by atoms with Gasteiger partial charge >= 0.3 is 0 Å². The Balaban J connectivity index is 1.49. The maximum Gasteiger partial charge on any atom is 0.227 e. The van der Waals surface area contributed by atoms with Crippen molar-refractivity contribution < 1.29 is 4.79 Å². The molecule has 0 saturated carbocycles. The fraction of sp³-hybridized carbons (Fsp3) is 0.667. The highest BCUT2D eigenvalue weighted by Crippen LogP contribution is 2.20. The fourth-order valence-electron chi connectivity index (χ4n) is 3.14. The summed E-state index contributed by atoms with van der Waals surface area (Å²) in [7, 11) is 0. The van der Waals surface area contributed by atoms with Crippen LogP contribution in [0.1, 0.15) is 12.5 Å². The van der Waals surface area contributed by atoms with Gasteiger partial charge in [-0.05, 0) is 34.9 Å². The van der Waals surface area contributed by atoms with Crippen molar-refractivity contribution in [2.24, 2.45) is 11.8 Å². The summed E-state index contributed by atoms with van der Waals surface area (Å²) in [5.74, 6) is 1.03. The Kier molecular flexibility index (Phi) is 4.38. The van der Waals surface area contributed by atoms with Gasteiger partial charge < -0.3 is 10.2 Å². The van der Waals surface area contributed by atoms with Crippen molar-refractivity contribution in [3.63, 3.8) is 0 Å². The van der Waals surface area contributed by atoms with Gasteiger partial charge in [-0.1, -0.05) is 6.92 Å². The van der Waals surface area contributed by atoms with Gasteiger partial charge in [0, 0.05) is 39.3 Å². The van der Waals surface area contributed by atoms with Gasteiger partial charge in [-0.2, -0.15) is 11.3 Å². The Morgan fingerprint density at radius 2 is 2.15 bits per heavy atom. The number of carbonyl (C=O) groups excluding carboxylic acids is 1. The van der Waals surface area contributed by atoms with Gasteiger partial charge in [0.1, 0.15) is 0 Å². The molecule has 4 nitrogen and oxygen atoms in total. The van der Waals surface area contributed by atoms with Crippen molar-refractivity contribution in [1.29, 1.82) is 0 Å². The highest BCUT2D eigenvalue weighted by atomic mass is 32.1. The average Bonchev–Trinajstić information content (AvgIpc) is 3.10. The third-order valence-corrected chi connectivity index (χ3v) is 5.24. The van der Waals surface area contributed by atoms with Crippen LogP contribution >= 0.6 is 11.3 Å². The van der Waals surface area contributed by atoms with E-state index in [1.165, 1.54) is 5.56 Å². The Morgan fingerprint density at radius 3 is 2.75 bits per heavy atom. The van der Waals surface area contributed by atoms with Crippen molar-refractivity contribution in [3.05, 3.63) is 22.4 Å². The number of thiophene rings is 1. The molecule has 2 atom stereocenters. The summed E-state index contributed by atoms with van der Waals surface area (Å²) in [5.41, 5.74) is 1.39. The molecule has 0 spiro atoms. The number of hydrogen-bond donors (Lipinski definition) is 1. The molecular formula is C15H23N3OS. The maximum atomic E-state index is 12.5. The van der Waals surface area contributed by atoms with E-state index >= 15 is 0 Å². The van der Waals surface area contributed by atoms with Crippen molar-refractivity contribution in [2.45, 2.75) is 13.5 Å². The molecule has 20 heavy (non-hydrogen) atoms. The second-order valence-electron chi connectivity index (χ2n) is 5.98. The average molecular weight is 293 g/mol. The Morgan fingerprint density at radius 1 is 1.35 bits per heavy atom. The van der Waals surface area contributed by atoms with E-state index in [0.717, 1.165) is 45.8 Å². The molecule has 0 aromatic carbocycles. The highest BCUT2D eigenvalue weighted by molar-refractivity contribution is 7.07. The van der Waals surface area contributed by atoms with Crippen molar-refractivity contribution in [3.8, 4) is 0 Å². The first-order valence-corrected chi connectivity index (χ1v) is 8.41. The lowest BCUT2D eigenvalue weighted by Crippen LogP contribution is -2.50. The van der Waals surface area contributed by atoms with E-state index in [1.54, 1.807) is 11.3 Å². The lowest BCUT2D eigenvalue weighted by atomic mass is 9.96. The fourth-order valence-corrected chi connectivity index (χ4v) is 3.80. The first-order chi connectivity index (χ1) is 9.74. The summed E-state index contributed by atoms with van der Waals surface area (Å²) >= 11 is 1.75. The molecule has 2 unspecified atom stereocenters. The summed E-state index contributed by atoms with van der Waals surface area (Å²) in [6.07, 6.45) is 0. The van der Waals surface area contributed by atoms with Crippen LogP contribution in [0.15, 0.2) is 16.8 Å². The van der Waals surface area contributed by atoms with E-state index in [0.29, 0.717) is 11.8 Å². The van der Waals surface area contributed by atoms with Gasteiger partial charge in [-0.3, -0.25) is 9.69 Å². The van der Waals surface area contributed by atoms with Gasteiger partial charge in [0.2, 0.25) is 5.91 Å². The largest absolute Gasteiger partial charge is 0.340 e. The third-order valence-electron chi connectivity index (χ3n) is 4.50. The zero-order valence-electron chi connectivity index (χ0n) is 12.0. The third kappa shape index (κ3) is 3.05. The smallest absolute Gasteiger partial charge is 0.227 e. The first-order valence-electron chi connectivity index (χ1n) is 7.47. The van der Waals surface area contributed by atoms with Crippen LogP contribution in [-0.2, 0) is 11.3 Å². The van der Waals surface area contributed by atoms with Crippen LogP contribution in [0.4, 0.5) is 0 Å². The molecule has 2 saturated heterocycles. The molecule has 0 radical (unpaired) electrons. The standard InChI is InChI=1S/C15H23N3OS/c1-12-8-16-9-14(12)15(19)18-5-3-17(4-6-18)10-13-2-7-20-11-13/h2,7,11-12,14,16H,3-6,8-10H2,1H3. The normalized spacial score (nSPS) is 27.9. The van der Waals surface area contributed by atoms with E-state index < -0.39 is 0 Å². The molecule has 0 bridgehead atoms. The lowest BCUT2D eigenvalue weighted by Gasteiger charge is -2.36. The van der Waals surface area contributed by atoms with Gasteiger partial charge in [0.25, 0.3) is 0 Å². The minimum absolute atomic E-state index is 0.193. The van der Waals surface area contributed by atoms with Gasteiger partial charge in [0.05, 0.1) is 5.92 Å². The van der Waals surface area contributed by atoms with Crippen molar-refractivity contribution >= 4 is 17.2 Å². The molecule has 5 heteroatoms. The monoisotopic (exact) mass is 293 g/mol. The predicted molar refractivity (Wildman–Crippen MR) is 81.7 cm³/mol. The molecule has 1 aromatic rings. The maximum absolute atomic E-state index is 12.5. The number of rotatable bonds is 3. The molecule has 0 aliphatic carbocycles. The Hall–Kier alpha value is -0.910. The minimum atomic E-state index is 0.193. The molecule has 3 heterocycles. The summed E-state index contributed by atoms with van der Waals surface area (Å²) in [4.78, 5) is 17.0. The highest BCUT2D eigenvalue weighted by Gasteiger charge is 2.33. The van der Waals surface area contributed by atoms with E-state index in [9.17, 15) is 4.79 Å². The number of nitrogens with zero attached hydrogens (tertiary/aromatic N) is 2. The van der Waals surface area contributed by atoms with Crippen molar-refractivity contribution in [2.75, 3.05) is 39.3 Å². The summed E-state index contributed by atoms with van der Waals surface area (Å²) in [6, 6.07) is 2.19. The zero-order chi connectivity index (χ0) is 13.9. The van der Waals surface area contributed by atoms with E-state index in [2.05, 4.69) is 38.9 Å². The SMILES string of the molecule is CC1CNCC1C(=O)N1CCN(Cc2ccsc2)CC1. The number of hydrogen-bond acceptors (Lipinski definition) is 4. The predicted octanol–water partition coefficient (Wildman–Crippen LogP) is 1.25. The number of amides is 1. The molecule has 110 valence electrons. The second kappa shape index (κ2) is 6.24. The number of piperazine rings is 1. The Labute approximate surface area is 124 Å². The van der Waals surface area contributed by atoms with E-state index in [4.69, 9.17) is 0 Å². The molecule has 2 aliphatic rings. The molecule has 3 rings (SSSR count). The van der Waals surface area contributed by atoms with Crippen LogP contribution in [0.25, 0.3) is 0 Å².